The first-order valence-corrected chi connectivity index (χ1v) is 7.98. The van der Waals surface area contributed by atoms with Crippen molar-refractivity contribution in [1.82, 2.24) is 0 Å². The maximum Gasteiger partial charge on any atom is 0.508 e. The van der Waals surface area contributed by atoms with Crippen LogP contribution >= 0.6 is 0 Å². The summed E-state index contributed by atoms with van der Waals surface area (Å²) < 4.78 is 11.0. The maximum absolute atomic E-state index is 12.2. The van der Waals surface area contributed by atoms with Crippen molar-refractivity contribution < 1.29 is 24.5 Å². The molecule has 0 aromatic heterocycles. The minimum atomic E-state index is -0.750. The highest BCUT2D eigenvalue weighted by atomic mass is 16.7. The summed E-state index contributed by atoms with van der Waals surface area (Å²) in [5.74, 6) is 0.108. The molecule has 0 aliphatic carbocycles. The van der Waals surface area contributed by atoms with Gasteiger partial charge >= 0.3 is 6.16 Å². The standard InChI is InChI=1S/C17H34O5/c1-11(2)13(16(5,6)9-18)21-15(20)22-14(12(3)4)17(7,8)10-19/h11-14,18-19H,9-10H2,1-8H3. The molecular formula is C17H34O5. The van der Waals surface area contributed by atoms with Gasteiger partial charge in [0.05, 0.1) is 13.2 Å². The number of rotatable bonds is 8. The zero-order valence-corrected chi connectivity index (χ0v) is 15.3. The third-order valence-electron chi connectivity index (χ3n) is 4.01. The van der Waals surface area contributed by atoms with Gasteiger partial charge in [0.15, 0.2) is 0 Å². The number of ether oxygens (including phenoxy) is 2. The third kappa shape index (κ3) is 5.76. The molecule has 0 heterocycles. The molecule has 132 valence electrons. The van der Waals surface area contributed by atoms with Gasteiger partial charge in [0.2, 0.25) is 0 Å². The molecule has 0 aliphatic rings. The molecule has 5 nitrogen and oxygen atoms in total. The molecule has 0 fully saturated rings. The average Bonchev–Trinajstić information content (AvgIpc) is 2.41. The Labute approximate surface area is 135 Å². The molecule has 5 heteroatoms. The van der Waals surface area contributed by atoms with E-state index in [0.717, 1.165) is 0 Å². The molecule has 0 saturated carbocycles. The van der Waals surface area contributed by atoms with Gasteiger partial charge < -0.3 is 19.7 Å². The molecular weight excluding hydrogens is 284 g/mol. The normalized spacial score (nSPS) is 15.8. The highest BCUT2D eigenvalue weighted by Crippen LogP contribution is 2.31. The molecule has 0 saturated heterocycles. The van der Waals surface area contributed by atoms with Gasteiger partial charge in [-0.3, -0.25) is 0 Å². The fraction of sp³-hybridized carbons (Fsp3) is 0.941. The van der Waals surface area contributed by atoms with Crippen molar-refractivity contribution in [3.63, 3.8) is 0 Å². The molecule has 0 rings (SSSR count). The van der Waals surface area contributed by atoms with Gasteiger partial charge in [-0.2, -0.15) is 0 Å². The minimum Gasteiger partial charge on any atom is -0.430 e. The summed E-state index contributed by atoms with van der Waals surface area (Å²) in [5, 5.41) is 19.0. The SMILES string of the molecule is CC(C)C(OC(=O)OC(C(C)C)C(C)(C)CO)C(C)(C)CO. The molecule has 22 heavy (non-hydrogen) atoms. The van der Waals surface area contributed by atoms with E-state index >= 15 is 0 Å². The lowest BCUT2D eigenvalue weighted by Gasteiger charge is -2.37. The lowest BCUT2D eigenvalue weighted by atomic mass is 9.81. The van der Waals surface area contributed by atoms with Crippen LogP contribution in [0.25, 0.3) is 0 Å². The van der Waals surface area contributed by atoms with Crippen LogP contribution in [0.5, 0.6) is 0 Å². The molecule has 0 spiro atoms. The second-order valence-corrected chi connectivity index (χ2v) is 8.11. The highest BCUT2D eigenvalue weighted by molar-refractivity contribution is 5.60. The molecule has 0 radical (unpaired) electrons. The van der Waals surface area contributed by atoms with E-state index in [1.54, 1.807) is 0 Å². The van der Waals surface area contributed by atoms with Crippen LogP contribution in [0, 0.1) is 22.7 Å². The van der Waals surface area contributed by atoms with Crippen molar-refractivity contribution in [3.8, 4) is 0 Å². The predicted octanol–water partition coefficient (Wildman–Crippen LogP) is 3.23. The van der Waals surface area contributed by atoms with Gasteiger partial charge in [0.25, 0.3) is 0 Å². The Morgan fingerprint density at radius 1 is 0.818 bits per heavy atom. The molecule has 0 aromatic rings. The summed E-state index contributed by atoms with van der Waals surface area (Å²) >= 11 is 0. The van der Waals surface area contributed by atoms with Gasteiger partial charge in [-0.25, -0.2) is 4.79 Å². The van der Waals surface area contributed by atoms with E-state index < -0.39 is 29.2 Å². The molecule has 0 aliphatic heterocycles. The number of aliphatic hydroxyl groups excluding tert-OH is 2. The Morgan fingerprint density at radius 2 is 1.09 bits per heavy atom. The first-order valence-electron chi connectivity index (χ1n) is 7.98. The van der Waals surface area contributed by atoms with E-state index in [0.29, 0.717) is 0 Å². The van der Waals surface area contributed by atoms with Gasteiger partial charge in [0.1, 0.15) is 12.2 Å². The zero-order chi connectivity index (χ0) is 17.7. The van der Waals surface area contributed by atoms with Crippen LogP contribution in [0.2, 0.25) is 0 Å². The second-order valence-electron chi connectivity index (χ2n) is 8.11. The largest absolute Gasteiger partial charge is 0.508 e. The Bertz CT molecular complexity index is 315. The number of hydrogen-bond acceptors (Lipinski definition) is 5. The first kappa shape index (κ1) is 21.2. The molecule has 2 atom stereocenters. The molecule has 2 N–H and O–H groups in total. The number of aliphatic hydroxyl groups is 2. The van der Waals surface area contributed by atoms with Crippen LogP contribution in [0.4, 0.5) is 4.79 Å². The van der Waals surface area contributed by atoms with Crippen molar-refractivity contribution in [2.75, 3.05) is 13.2 Å². The van der Waals surface area contributed by atoms with E-state index in [2.05, 4.69) is 0 Å². The molecule has 0 aromatic carbocycles. The van der Waals surface area contributed by atoms with Crippen molar-refractivity contribution in [2.24, 2.45) is 22.7 Å². The molecule has 0 amide bonds. The Hall–Kier alpha value is -0.810. The summed E-state index contributed by atoms with van der Waals surface area (Å²) in [6.07, 6.45) is -1.65. The van der Waals surface area contributed by atoms with Crippen LogP contribution in [0.3, 0.4) is 0 Å². The van der Waals surface area contributed by atoms with E-state index in [9.17, 15) is 15.0 Å². The van der Waals surface area contributed by atoms with E-state index in [-0.39, 0.29) is 25.0 Å². The third-order valence-corrected chi connectivity index (χ3v) is 4.01. The zero-order valence-electron chi connectivity index (χ0n) is 15.3. The van der Waals surface area contributed by atoms with Crippen LogP contribution in [0.15, 0.2) is 0 Å². The summed E-state index contributed by atoms with van der Waals surface area (Å²) in [6.45, 7) is 15.0. The van der Waals surface area contributed by atoms with Crippen LogP contribution in [-0.2, 0) is 9.47 Å². The highest BCUT2D eigenvalue weighted by Gasteiger charge is 2.39. The fourth-order valence-corrected chi connectivity index (χ4v) is 2.81. The summed E-state index contributed by atoms with van der Waals surface area (Å²) in [6, 6.07) is 0. The van der Waals surface area contributed by atoms with Crippen LogP contribution < -0.4 is 0 Å². The van der Waals surface area contributed by atoms with Crippen molar-refractivity contribution in [1.29, 1.82) is 0 Å². The Morgan fingerprint density at radius 3 is 1.27 bits per heavy atom. The van der Waals surface area contributed by atoms with Crippen molar-refractivity contribution >= 4 is 6.16 Å². The topological polar surface area (TPSA) is 76.0 Å². The predicted molar refractivity (Wildman–Crippen MR) is 86.6 cm³/mol. The second kappa shape index (κ2) is 8.16. The Balaban J connectivity index is 5.03. The average molecular weight is 318 g/mol. The number of carbonyl (C=O) groups is 1. The number of hydrogen-bond donors (Lipinski definition) is 2. The lowest BCUT2D eigenvalue weighted by Crippen LogP contribution is -2.44. The number of carbonyl (C=O) groups excluding carboxylic acids is 1. The van der Waals surface area contributed by atoms with Crippen LogP contribution in [-0.4, -0.2) is 41.8 Å². The van der Waals surface area contributed by atoms with E-state index in [1.165, 1.54) is 0 Å². The quantitative estimate of drug-likeness (QED) is 0.672. The van der Waals surface area contributed by atoms with E-state index in [4.69, 9.17) is 9.47 Å². The fourth-order valence-electron chi connectivity index (χ4n) is 2.81. The van der Waals surface area contributed by atoms with Gasteiger partial charge in [-0.1, -0.05) is 55.4 Å². The van der Waals surface area contributed by atoms with Crippen molar-refractivity contribution in [3.05, 3.63) is 0 Å². The lowest BCUT2D eigenvalue weighted by molar-refractivity contribution is -0.1000. The molecule has 2 unspecified atom stereocenters. The summed E-state index contributed by atoms with van der Waals surface area (Å²) in [4.78, 5) is 12.2. The molecule has 0 bridgehead atoms. The van der Waals surface area contributed by atoms with Gasteiger partial charge in [0, 0.05) is 10.8 Å². The summed E-state index contributed by atoms with van der Waals surface area (Å²) in [7, 11) is 0. The monoisotopic (exact) mass is 318 g/mol. The minimum absolute atomic E-state index is 0.0538. The van der Waals surface area contributed by atoms with Gasteiger partial charge in [-0.15, -0.1) is 0 Å². The smallest absolute Gasteiger partial charge is 0.430 e. The van der Waals surface area contributed by atoms with Crippen molar-refractivity contribution in [2.45, 2.75) is 67.6 Å². The van der Waals surface area contributed by atoms with Gasteiger partial charge in [-0.05, 0) is 11.8 Å². The summed E-state index contributed by atoms with van der Waals surface area (Å²) in [5.41, 5.74) is -1.10. The first-order chi connectivity index (χ1) is 9.89. The van der Waals surface area contributed by atoms with Crippen LogP contribution in [0.1, 0.15) is 55.4 Å². The van der Waals surface area contributed by atoms with E-state index in [1.807, 2.05) is 55.4 Å². The maximum atomic E-state index is 12.2. The Kier molecular flexibility index (Phi) is 7.86.